The molecule has 0 radical (unpaired) electrons. The number of aliphatic carboxylic acids is 1. The van der Waals surface area contributed by atoms with Gasteiger partial charge in [-0.15, -0.1) is 0 Å². The number of ether oxygens (including phenoxy) is 7. The maximum Gasteiger partial charge on any atom is 0.509 e. The third kappa shape index (κ3) is 18.4. The summed E-state index contributed by atoms with van der Waals surface area (Å²) in [6.07, 6.45) is 6.32. The molecule has 0 aliphatic carbocycles. The van der Waals surface area contributed by atoms with Gasteiger partial charge in [-0.3, -0.25) is 9.59 Å². The van der Waals surface area contributed by atoms with Crippen LogP contribution in [0.3, 0.4) is 0 Å². The van der Waals surface area contributed by atoms with Crippen LogP contribution in [0.25, 0.3) is 0 Å². The highest BCUT2D eigenvalue weighted by molar-refractivity contribution is 5.86. The first-order valence-electron chi connectivity index (χ1n) is 14.3. The van der Waals surface area contributed by atoms with E-state index in [4.69, 9.17) is 15.1 Å². The molecule has 0 aromatic carbocycles. The van der Waals surface area contributed by atoms with Crippen molar-refractivity contribution in [1.82, 2.24) is 5.32 Å². The minimum absolute atomic E-state index is 0.0126. The summed E-state index contributed by atoms with van der Waals surface area (Å²) in [6, 6.07) is 0. The Morgan fingerprint density at radius 1 is 0.800 bits per heavy atom. The predicted molar refractivity (Wildman–Crippen MR) is 145 cm³/mol. The topological polar surface area (TPSA) is 253 Å². The van der Waals surface area contributed by atoms with Crippen molar-refractivity contribution < 1.29 is 71.8 Å². The number of unbranched alkanes of at least 4 members (excludes halogenated alkanes) is 7. The lowest BCUT2D eigenvalue weighted by atomic mass is 10.1. The third-order valence-electron chi connectivity index (χ3n) is 5.99. The van der Waals surface area contributed by atoms with Crippen LogP contribution in [0.15, 0.2) is 4.99 Å². The molecular weight excluding hydrogens is 606 g/mol. The van der Waals surface area contributed by atoms with Crippen LogP contribution in [-0.2, 0) is 52.3 Å². The van der Waals surface area contributed by atoms with Crippen molar-refractivity contribution >= 4 is 42.2 Å². The van der Waals surface area contributed by atoms with Gasteiger partial charge >= 0.3 is 24.4 Å². The van der Waals surface area contributed by atoms with Crippen LogP contribution in [0.5, 0.6) is 0 Å². The number of hydrogen-bond acceptors (Lipinski definition) is 16. The van der Waals surface area contributed by atoms with E-state index in [1.165, 1.54) is 6.08 Å². The van der Waals surface area contributed by atoms with Gasteiger partial charge in [0.05, 0.1) is 6.54 Å². The van der Waals surface area contributed by atoms with Crippen molar-refractivity contribution in [2.45, 2.75) is 82.5 Å². The normalized spacial score (nSPS) is 19.1. The van der Waals surface area contributed by atoms with Crippen LogP contribution in [0, 0.1) is 11.5 Å². The molecule has 3 fully saturated rings. The van der Waals surface area contributed by atoms with E-state index in [2.05, 4.69) is 38.7 Å². The number of carboxylic acid groups (broad SMARTS) is 1. The van der Waals surface area contributed by atoms with Crippen molar-refractivity contribution in [3.8, 4) is 6.26 Å². The molecule has 0 bridgehead atoms. The van der Waals surface area contributed by atoms with Crippen molar-refractivity contribution in [2.24, 2.45) is 4.99 Å². The molecule has 3 saturated heterocycles. The minimum Gasteiger partial charge on any atom is -0.478 e. The van der Waals surface area contributed by atoms with Crippen LogP contribution >= 0.6 is 0 Å². The largest absolute Gasteiger partial charge is 0.509 e. The molecule has 0 aromatic heterocycles. The smallest absolute Gasteiger partial charge is 0.478 e. The lowest BCUT2D eigenvalue weighted by molar-refractivity contribution is -0.144. The zero-order valence-corrected chi connectivity index (χ0v) is 24.6. The average molecular weight is 644 g/mol. The first-order valence-corrected chi connectivity index (χ1v) is 14.3. The number of cyclic esters (lactones) is 6. The molecule has 0 spiro atoms. The van der Waals surface area contributed by atoms with Crippen molar-refractivity contribution in [3.05, 3.63) is 0 Å². The molecule has 250 valence electrons. The number of nitrogens with zero attached hydrogens (tertiary/aromatic N) is 2. The molecule has 18 nitrogen and oxygen atoms in total. The zero-order chi connectivity index (χ0) is 33.3. The van der Waals surface area contributed by atoms with Gasteiger partial charge in [0.15, 0.2) is 11.9 Å². The number of nitrogens with one attached hydrogen (secondary N) is 1. The fourth-order valence-corrected chi connectivity index (χ4v) is 3.64. The lowest BCUT2D eigenvalue weighted by Gasteiger charge is -2.08. The van der Waals surface area contributed by atoms with Crippen LogP contribution in [-0.4, -0.2) is 105 Å². The lowest BCUT2D eigenvalue weighted by Crippen LogP contribution is -2.36. The molecule has 2 N–H and O–H groups in total. The molecule has 3 unspecified atom stereocenters. The number of carboxylic acids is 1. The number of carbonyl (C=O) groups excluding carboxylic acids is 6. The molecule has 3 rings (SSSR count). The fraction of sp³-hybridized carbons (Fsp3) is 0.704. The van der Waals surface area contributed by atoms with Crippen LogP contribution < -0.4 is 5.32 Å². The van der Waals surface area contributed by atoms with E-state index in [-0.39, 0.29) is 31.5 Å². The molecule has 1 amide bonds. The second-order valence-corrected chi connectivity index (χ2v) is 9.44. The van der Waals surface area contributed by atoms with E-state index in [1.54, 1.807) is 6.26 Å². The number of hydrogen-bond donors (Lipinski definition) is 2. The summed E-state index contributed by atoms with van der Waals surface area (Å²) in [5.41, 5.74) is 0. The minimum atomic E-state index is -1.18. The highest BCUT2D eigenvalue weighted by Gasteiger charge is 2.32. The summed E-state index contributed by atoms with van der Waals surface area (Å²) in [6.45, 7) is 1.34. The quantitative estimate of drug-likeness (QED) is 0.0541. The highest BCUT2D eigenvalue weighted by Crippen LogP contribution is 2.13. The molecule has 0 saturated carbocycles. The molecule has 0 aromatic rings. The third-order valence-corrected chi connectivity index (χ3v) is 5.99. The number of aliphatic imine (C=N–C) groups is 1. The Morgan fingerprint density at radius 3 is 1.87 bits per heavy atom. The van der Waals surface area contributed by atoms with Gasteiger partial charge in [0, 0.05) is 13.0 Å². The van der Waals surface area contributed by atoms with Gasteiger partial charge in [-0.1, -0.05) is 25.7 Å². The van der Waals surface area contributed by atoms with E-state index in [0.717, 1.165) is 57.8 Å². The maximum absolute atomic E-state index is 11.7. The molecule has 3 aliphatic rings. The van der Waals surface area contributed by atoms with Gasteiger partial charge in [-0.2, -0.15) is 5.26 Å². The van der Waals surface area contributed by atoms with Gasteiger partial charge in [0.2, 0.25) is 18.3 Å². The second kappa shape index (κ2) is 23.5. The monoisotopic (exact) mass is 643 g/mol. The Labute approximate surface area is 258 Å². The Bertz CT molecular complexity index is 1030. The van der Waals surface area contributed by atoms with Crippen molar-refractivity contribution in [3.63, 3.8) is 0 Å². The number of isocyanates is 1. The first-order chi connectivity index (χ1) is 21.7. The van der Waals surface area contributed by atoms with Crippen molar-refractivity contribution in [1.29, 1.82) is 5.26 Å². The molecule has 45 heavy (non-hydrogen) atoms. The summed E-state index contributed by atoms with van der Waals surface area (Å²) in [4.78, 5) is 77.8. The fourth-order valence-electron chi connectivity index (χ4n) is 3.64. The van der Waals surface area contributed by atoms with E-state index in [0.29, 0.717) is 26.1 Å². The van der Waals surface area contributed by atoms with Crippen LogP contribution in [0.2, 0.25) is 0 Å². The summed E-state index contributed by atoms with van der Waals surface area (Å²) in [5.74, 6) is -1.64. The maximum atomic E-state index is 11.7. The summed E-state index contributed by atoms with van der Waals surface area (Å²) in [7, 11) is 0. The molecule has 18 heteroatoms. The van der Waals surface area contributed by atoms with Crippen molar-refractivity contribution in [2.75, 3.05) is 39.5 Å². The van der Waals surface area contributed by atoms with Gasteiger partial charge in [0.25, 0.3) is 12.2 Å². The second-order valence-electron chi connectivity index (χ2n) is 9.44. The van der Waals surface area contributed by atoms with E-state index in [1.807, 2.05) is 0 Å². The van der Waals surface area contributed by atoms with E-state index >= 15 is 0 Å². The number of nitriles is 1. The number of Topliss-reactive ketones (excluding diaryl/α,β-unsaturated/α-hetero) is 1. The Balaban J connectivity index is 0.000000399. The Kier molecular flexibility index (Phi) is 19.9. The van der Waals surface area contributed by atoms with Gasteiger partial charge in [-0.25, -0.2) is 29.0 Å². The molecule has 3 heterocycles. The van der Waals surface area contributed by atoms with Gasteiger partial charge in [0.1, 0.15) is 26.4 Å². The summed E-state index contributed by atoms with van der Waals surface area (Å²) in [5, 5.41) is 18.9. The summed E-state index contributed by atoms with van der Waals surface area (Å²) >= 11 is 0. The summed E-state index contributed by atoms with van der Waals surface area (Å²) < 4.78 is 31.3. The number of amides is 1. The van der Waals surface area contributed by atoms with Gasteiger partial charge < -0.3 is 43.6 Å². The average Bonchev–Trinajstić information content (AvgIpc) is 3.77. The number of carbonyl (C=O) groups is 6. The highest BCUT2D eigenvalue weighted by atomic mass is 16.8. The van der Waals surface area contributed by atoms with Crippen LogP contribution in [0.1, 0.15) is 64.2 Å². The van der Waals surface area contributed by atoms with E-state index < -0.39 is 42.7 Å². The molecular formula is C27H37N3O15. The molecule has 3 aliphatic heterocycles. The van der Waals surface area contributed by atoms with E-state index in [9.17, 15) is 33.6 Å². The zero-order valence-electron chi connectivity index (χ0n) is 24.6. The SMILES string of the molecule is N#COCCCCCCN=C=O.O=C1OCC(C(=O)CCCCCCCNC(=O)C2COC(=O)O2)O1.O=C1OCC(C(=O)O)O1. The predicted octanol–water partition coefficient (Wildman–Crippen LogP) is 2.07. The molecule has 3 atom stereocenters. The van der Waals surface area contributed by atoms with Gasteiger partial charge in [-0.05, 0) is 32.1 Å². The Hall–Kier alpha value is -4.91. The standard InChI is InChI=1S/C15H21NO8.C8H12N2O2.C4H4O5/c17-10(11-8-21-14(19)23-11)6-4-2-1-3-5-7-16-13(18)12-9-22-15(20)24-12;9-7-12-6-4-2-1-3-5-10-8-11;5-3(6)2-1-8-4(7)9-2/h11-12H,1-9H2,(H,16,18);1-6H2;2H,1H2,(H,5,6). The number of ketones is 1. The Morgan fingerprint density at radius 2 is 1.33 bits per heavy atom. The van der Waals surface area contributed by atoms with Crippen LogP contribution in [0.4, 0.5) is 14.4 Å². The number of rotatable bonds is 18. The first kappa shape index (κ1) is 38.1.